The first kappa shape index (κ1) is 13.4. The Hall–Kier alpha value is -2.03. The normalized spacial score (nSPS) is 12.2. The highest BCUT2D eigenvalue weighted by Crippen LogP contribution is 2.20. The molecule has 0 spiro atoms. The smallest absolute Gasteiger partial charge is 0.418 e. The fourth-order valence-electron chi connectivity index (χ4n) is 1.93. The minimum absolute atomic E-state index is 0.346. The number of carbonyl (C=O) groups excluding carboxylic acids is 1. The summed E-state index contributed by atoms with van der Waals surface area (Å²) in [7, 11) is 0. The summed E-state index contributed by atoms with van der Waals surface area (Å²) in [4.78, 5) is 12.1. The van der Waals surface area contributed by atoms with Gasteiger partial charge in [0.1, 0.15) is 5.60 Å². The Bertz CT molecular complexity index is 630. The van der Waals surface area contributed by atoms with Gasteiger partial charge in [-0.2, -0.15) is 0 Å². The number of nitrogens with zero attached hydrogens (tertiary/aromatic N) is 1. The SMILES string of the molecule is CC=Cc1ccc2c(ccn2C(=O)OC(C)(C)C)c1. The molecular formula is C16H19NO2. The van der Waals surface area contributed by atoms with E-state index in [0.717, 1.165) is 16.5 Å². The van der Waals surface area contributed by atoms with Gasteiger partial charge < -0.3 is 4.74 Å². The second-order valence-corrected chi connectivity index (χ2v) is 5.48. The summed E-state index contributed by atoms with van der Waals surface area (Å²) in [5, 5.41) is 1.03. The fourth-order valence-corrected chi connectivity index (χ4v) is 1.93. The van der Waals surface area contributed by atoms with Crippen molar-refractivity contribution in [2.24, 2.45) is 0 Å². The summed E-state index contributed by atoms with van der Waals surface area (Å²) in [5.41, 5.74) is 1.50. The Morgan fingerprint density at radius 2 is 2.00 bits per heavy atom. The standard InChI is InChI=1S/C16H19NO2/c1-5-6-12-7-8-14-13(11-12)9-10-17(14)15(18)19-16(2,3)4/h5-11H,1-4H3. The van der Waals surface area contributed by atoms with Crippen molar-refractivity contribution in [3.63, 3.8) is 0 Å². The largest absolute Gasteiger partial charge is 0.443 e. The predicted molar refractivity (Wildman–Crippen MR) is 78.3 cm³/mol. The lowest BCUT2D eigenvalue weighted by Crippen LogP contribution is -2.26. The number of benzene rings is 1. The molecule has 2 rings (SSSR count). The molecule has 1 heterocycles. The van der Waals surface area contributed by atoms with Crippen molar-refractivity contribution < 1.29 is 9.53 Å². The highest BCUT2D eigenvalue weighted by atomic mass is 16.6. The van der Waals surface area contributed by atoms with Crippen LogP contribution in [-0.4, -0.2) is 16.3 Å². The molecule has 3 heteroatoms. The summed E-state index contributed by atoms with van der Waals surface area (Å²) >= 11 is 0. The third kappa shape index (κ3) is 3.05. The maximum absolute atomic E-state index is 12.1. The lowest BCUT2D eigenvalue weighted by molar-refractivity contribution is 0.0544. The van der Waals surface area contributed by atoms with Gasteiger partial charge in [-0.1, -0.05) is 18.2 Å². The van der Waals surface area contributed by atoms with Crippen LogP contribution < -0.4 is 0 Å². The zero-order valence-electron chi connectivity index (χ0n) is 11.8. The van der Waals surface area contributed by atoms with Crippen LogP contribution in [0.4, 0.5) is 4.79 Å². The third-order valence-electron chi connectivity index (χ3n) is 2.66. The lowest BCUT2D eigenvalue weighted by atomic mass is 10.1. The van der Waals surface area contributed by atoms with Crippen LogP contribution in [0.3, 0.4) is 0 Å². The van der Waals surface area contributed by atoms with Gasteiger partial charge in [0.2, 0.25) is 0 Å². The van der Waals surface area contributed by atoms with E-state index in [9.17, 15) is 4.79 Å². The van der Waals surface area contributed by atoms with E-state index in [2.05, 4.69) is 6.07 Å². The van der Waals surface area contributed by atoms with Gasteiger partial charge >= 0.3 is 6.09 Å². The summed E-state index contributed by atoms with van der Waals surface area (Å²) in [6.45, 7) is 7.57. The van der Waals surface area contributed by atoms with Gasteiger partial charge in [0.25, 0.3) is 0 Å². The number of allylic oxidation sites excluding steroid dienone is 1. The second-order valence-electron chi connectivity index (χ2n) is 5.48. The molecule has 0 saturated carbocycles. The first-order valence-corrected chi connectivity index (χ1v) is 6.38. The van der Waals surface area contributed by atoms with Gasteiger partial charge in [0.15, 0.2) is 0 Å². The minimum Gasteiger partial charge on any atom is -0.443 e. The average Bonchev–Trinajstić information content (AvgIpc) is 2.70. The van der Waals surface area contributed by atoms with E-state index in [-0.39, 0.29) is 6.09 Å². The molecule has 0 fully saturated rings. The summed E-state index contributed by atoms with van der Waals surface area (Å²) < 4.78 is 6.92. The van der Waals surface area contributed by atoms with Crippen LogP contribution in [0.15, 0.2) is 36.5 Å². The van der Waals surface area contributed by atoms with E-state index in [4.69, 9.17) is 4.74 Å². The number of fused-ring (bicyclic) bond motifs is 1. The van der Waals surface area contributed by atoms with Crippen LogP contribution in [-0.2, 0) is 4.74 Å². The van der Waals surface area contributed by atoms with Crippen molar-refractivity contribution in [2.45, 2.75) is 33.3 Å². The predicted octanol–water partition coefficient (Wildman–Crippen LogP) is 4.46. The van der Waals surface area contributed by atoms with Gasteiger partial charge in [-0.15, -0.1) is 0 Å². The number of carbonyl (C=O) groups is 1. The Balaban J connectivity index is 2.38. The van der Waals surface area contributed by atoms with E-state index in [1.54, 1.807) is 10.8 Å². The van der Waals surface area contributed by atoms with Crippen molar-refractivity contribution in [3.8, 4) is 0 Å². The monoisotopic (exact) mass is 257 g/mol. The molecule has 0 aliphatic rings. The van der Waals surface area contributed by atoms with Crippen molar-refractivity contribution in [2.75, 3.05) is 0 Å². The molecule has 0 aliphatic carbocycles. The van der Waals surface area contributed by atoms with Crippen LogP contribution in [0.25, 0.3) is 17.0 Å². The molecule has 1 aromatic carbocycles. The zero-order valence-corrected chi connectivity index (χ0v) is 11.8. The highest BCUT2D eigenvalue weighted by molar-refractivity contribution is 5.90. The molecule has 3 nitrogen and oxygen atoms in total. The molecular weight excluding hydrogens is 238 g/mol. The van der Waals surface area contributed by atoms with E-state index in [1.807, 2.05) is 58.0 Å². The summed E-state index contributed by atoms with van der Waals surface area (Å²) in [5.74, 6) is 0. The summed E-state index contributed by atoms with van der Waals surface area (Å²) in [6, 6.07) is 7.90. The molecule has 0 amide bonds. The Kier molecular flexibility index (Phi) is 3.47. The molecule has 0 unspecified atom stereocenters. The molecule has 19 heavy (non-hydrogen) atoms. The van der Waals surface area contributed by atoms with Gasteiger partial charge in [-0.25, -0.2) is 4.79 Å². The fraction of sp³-hybridized carbons (Fsp3) is 0.312. The van der Waals surface area contributed by atoms with Crippen LogP contribution >= 0.6 is 0 Å². The van der Waals surface area contributed by atoms with Crippen LogP contribution in [0.5, 0.6) is 0 Å². The number of aromatic nitrogens is 1. The minimum atomic E-state index is -0.488. The zero-order chi connectivity index (χ0) is 14.0. The second kappa shape index (κ2) is 4.92. The Morgan fingerprint density at radius 1 is 1.26 bits per heavy atom. The van der Waals surface area contributed by atoms with Crippen LogP contribution in [0.1, 0.15) is 33.3 Å². The van der Waals surface area contributed by atoms with E-state index >= 15 is 0 Å². The van der Waals surface area contributed by atoms with E-state index in [1.165, 1.54) is 0 Å². The molecule has 0 radical (unpaired) electrons. The maximum Gasteiger partial charge on any atom is 0.418 e. The van der Waals surface area contributed by atoms with Crippen molar-refractivity contribution >= 4 is 23.1 Å². The molecule has 1 aromatic heterocycles. The lowest BCUT2D eigenvalue weighted by Gasteiger charge is -2.19. The Morgan fingerprint density at radius 3 is 2.63 bits per heavy atom. The summed E-state index contributed by atoms with van der Waals surface area (Å²) in [6.07, 6.45) is 5.43. The van der Waals surface area contributed by atoms with Crippen molar-refractivity contribution in [1.82, 2.24) is 4.57 Å². The molecule has 0 atom stereocenters. The topological polar surface area (TPSA) is 31.2 Å². The number of rotatable bonds is 1. The van der Waals surface area contributed by atoms with Gasteiger partial charge in [0, 0.05) is 11.6 Å². The highest BCUT2D eigenvalue weighted by Gasteiger charge is 2.18. The molecule has 2 aromatic rings. The van der Waals surface area contributed by atoms with Gasteiger partial charge in [-0.05, 0) is 51.5 Å². The van der Waals surface area contributed by atoms with Gasteiger partial charge in [0.05, 0.1) is 5.52 Å². The van der Waals surface area contributed by atoms with Crippen LogP contribution in [0.2, 0.25) is 0 Å². The number of ether oxygens (including phenoxy) is 1. The number of hydrogen-bond acceptors (Lipinski definition) is 2. The van der Waals surface area contributed by atoms with Crippen LogP contribution in [0, 0.1) is 0 Å². The molecule has 0 bridgehead atoms. The van der Waals surface area contributed by atoms with Crippen molar-refractivity contribution in [1.29, 1.82) is 0 Å². The van der Waals surface area contributed by atoms with Crippen molar-refractivity contribution in [3.05, 3.63) is 42.1 Å². The molecule has 100 valence electrons. The first-order valence-electron chi connectivity index (χ1n) is 6.38. The quantitative estimate of drug-likeness (QED) is 0.755. The number of hydrogen-bond donors (Lipinski definition) is 0. The average molecular weight is 257 g/mol. The third-order valence-corrected chi connectivity index (χ3v) is 2.66. The van der Waals surface area contributed by atoms with E-state index in [0.29, 0.717) is 0 Å². The van der Waals surface area contributed by atoms with Gasteiger partial charge in [-0.3, -0.25) is 4.57 Å². The van der Waals surface area contributed by atoms with E-state index < -0.39 is 5.60 Å². The maximum atomic E-state index is 12.1. The molecule has 0 N–H and O–H groups in total. The Labute approximate surface area is 113 Å². The molecule has 0 aliphatic heterocycles. The first-order chi connectivity index (χ1) is 8.90. The molecule has 0 saturated heterocycles.